The van der Waals surface area contributed by atoms with E-state index in [1.54, 1.807) is 0 Å². The summed E-state index contributed by atoms with van der Waals surface area (Å²) in [5.41, 5.74) is 2.76. The Morgan fingerprint density at radius 2 is 1.86 bits per heavy atom. The van der Waals surface area contributed by atoms with Gasteiger partial charge < -0.3 is 0 Å². The van der Waals surface area contributed by atoms with E-state index in [0.717, 1.165) is 31.1 Å². The number of fused-ring (bicyclic) bond motifs is 1. The molecule has 1 heteroatoms. The molecular formula is C20H32O. The van der Waals surface area contributed by atoms with Crippen LogP contribution in [0.3, 0.4) is 0 Å². The maximum absolute atomic E-state index is 12.2. The lowest BCUT2D eigenvalue weighted by Gasteiger charge is -2.42. The number of rotatable bonds is 1. The van der Waals surface area contributed by atoms with Gasteiger partial charge in [0, 0.05) is 12.3 Å². The van der Waals surface area contributed by atoms with Crippen LogP contribution in [0.4, 0.5) is 0 Å². The Kier molecular flexibility index (Phi) is 5.46. The molecule has 2 aliphatic rings. The van der Waals surface area contributed by atoms with Crippen molar-refractivity contribution in [2.45, 2.75) is 66.2 Å². The Morgan fingerprint density at radius 1 is 1.14 bits per heavy atom. The molecule has 2 aliphatic carbocycles. The fourth-order valence-electron chi connectivity index (χ4n) is 4.40. The van der Waals surface area contributed by atoms with Crippen LogP contribution in [0.2, 0.25) is 0 Å². The Morgan fingerprint density at radius 3 is 2.52 bits per heavy atom. The fraction of sp³-hybridized carbons (Fsp3) is 0.750. The second kappa shape index (κ2) is 6.94. The number of hydrogen-bond donors (Lipinski definition) is 0. The van der Waals surface area contributed by atoms with E-state index >= 15 is 0 Å². The molecule has 0 amide bonds. The van der Waals surface area contributed by atoms with Gasteiger partial charge in [0.25, 0.3) is 0 Å². The number of carbonyl (C=O) groups is 1. The third-order valence-corrected chi connectivity index (χ3v) is 5.98. The van der Waals surface area contributed by atoms with Crippen molar-refractivity contribution in [2.75, 3.05) is 0 Å². The maximum Gasteiger partial charge on any atom is 0.136 e. The molecule has 0 aliphatic heterocycles. The average Bonchev–Trinajstić information content (AvgIpc) is 2.42. The molecule has 0 N–H and O–H groups in total. The Balaban J connectivity index is 2.30. The molecule has 5 atom stereocenters. The monoisotopic (exact) mass is 288 g/mol. The van der Waals surface area contributed by atoms with E-state index in [-0.39, 0.29) is 5.92 Å². The summed E-state index contributed by atoms with van der Waals surface area (Å²) < 4.78 is 0. The van der Waals surface area contributed by atoms with Gasteiger partial charge in [-0.25, -0.2) is 0 Å². The van der Waals surface area contributed by atoms with Crippen LogP contribution in [0.1, 0.15) is 66.2 Å². The van der Waals surface area contributed by atoms with Gasteiger partial charge in [-0.3, -0.25) is 4.79 Å². The van der Waals surface area contributed by atoms with Crippen molar-refractivity contribution in [3.8, 4) is 0 Å². The summed E-state index contributed by atoms with van der Waals surface area (Å²) in [7, 11) is 0. The molecule has 0 bridgehead atoms. The number of allylic oxidation sites excluding steroid dienone is 3. The predicted molar refractivity (Wildman–Crippen MR) is 90.1 cm³/mol. The quantitative estimate of drug-likeness (QED) is 0.577. The van der Waals surface area contributed by atoms with Crippen LogP contribution >= 0.6 is 0 Å². The minimum Gasteiger partial charge on any atom is -0.299 e. The first kappa shape index (κ1) is 16.5. The van der Waals surface area contributed by atoms with E-state index in [2.05, 4.69) is 40.3 Å². The van der Waals surface area contributed by atoms with Gasteiger partial charge in [0.05, 0.1) is 0 Å². The van der Waals surface area contributed by atoms with Crippen molar-refractivity contribution < 1.29 is 4.79 Å². The first-order chi connectivity index (χ1) is 9.90. The van der Waals surface area contributed by atoms with E-state index in [1.807, 2.05) is 0 Å². The molecule has 0 radical (unpaired) electrons. The number of Topliss-reactive ketones (excluding diaryl/α,β-unsaturated/α-hetero) is 1. The van der Waals surface area contributed by atoms with Gasteiger partial charge in [-0.05, 0) is 69.6 Å². The molecule has 0 spiro atoms. The average molecular weight is 288 g/mol. The van der Waals surface area contributed by atoms with Gasteiger partial charge in [-0.2, -0.15) is 0 Å². The lowest BCUT2D eigenvalue weighted by Crippen LogP contribution is -2.34. The SMILES string of the molecule is C=C(C)[C@@H]1CC[C@H](C)[C@H]2CC[C@H](C)C(=O)CC/C(C)=C/[C@@H]21. The van der Waals surface area contributed by atoms with Crippen LogP contribution in [0, 0.1) is 29.6 Å². The molecule has 1 nitrogen and oxygen atoms in total. The molecule has 0 aromatic heterocycles. The van der Waals surface area contributed by atoms with E-state index in [9.17, 15) is 4.79 Å². The highest BCUT2D eigenvalue weighted by Gasteiger charge is 2.37. The lowest BCUT2D eigenvalue weighted by molar-refractivity contribution is -0.122. The van der Waals surface area contributed by atoms with Gasteiger partial charge in [0.15, 0.2) is 0 Å². The van der Waals surface area contributed by atoms with Gasteiger partial charge in [-0.1, -0.05) is 37.6 Å². The molecule has 21 heavy (non-hydrogen) atoms. The summed E-state index contributed by atoms with van der Waals surface area (Å²) in [5, 5.41) is 0. The number of hydrogen-bond acceptors (Lipinski definition) is 1. The molecule has 118 valence electrons. The summed E-state index contributed by atoms with van der Waals surface area (Å²) in [6.45, 7) is 13.2. The summed E-state index contributed by atoms with van der Waals surface area (Å²) in [4.78, 5) is 12.2. The minimum absolute atomic E-state index is 0.244. The summed E-state index contributed by atoms with van der Waals surface area (Å²) in [6.07, 6.45) is 9.05. The zero-order chi connectivity index (χ0) is 15.6. The van der Waals surface area contributed by atoms with Crippen molar-refractivity contribution in [3.63, 3.8) is 0 Å². The van der Waals surface area contributed by atoms with Crippen molar-refractivity contribution >= 4 is 5.78 Å². The maximum atomic E-state index is 12.2. The molecule has 0 aromatic carbocycles. The lowest BCUT2D eigenvalue weighted by atomic mass is 9.63. The third-order valence-electron chi connectivity index (χ3n) is 5.98. The number of carbonyl (C=O) groups excluding carboxylic acids is 1. The van der Waals surface area contributed by atoms with Crippen LogP contribution in [0.5, 0.6) is 0 Å². The summed E-state index contributed by atoms with van der Waals surface area (Å²) >= 11 is 0. The topological polar surface area (TPSA) is 17.1 Å². The molecule has 2 rings (SSSR count). The normalized spacial score (nSPS) is 40.9. The van der Waals surface area contributed by atoms with Crippen LogP contribution in [0.25, 0.3) is 0 Å². The molecular weight excluding hydrogens is 256 g/mol. The highest BCUT2D eigenvalue weighted by molar-refractivity contribution is 5.80. The van der Waals surface area contributed by atoms with E-state index in [0.29, 0.717) is 17.6 Å². The van der Waals surface area contributed by atoms with Crippen molar-refractivity contribution in [1.29, 1.82) is 0 Å². The standard InChI is InChI=1S/C20H32O/c1-13(2)17-9-7-15(4)18-10-8-16(5)20(21)11-6-14(3)12-19(17)18/h12,15-19H,1,6-11H2,2-5H3/b14-12+/t15-,16-,17-,18+,19+/m0/s1. The first-order valence-corrected chi connectivity index (χ1v) is 8.75. The number of ketones is 1. The fourth-order valence-corrected chi connectivity index (χ4v) is 4.40. The second-order valence-corrected chi connectivity index (χ2v) is 7.71. The van der Waals surface area contributed by atoms with Crippen LogP contribution in [0.15, 0.2) is 23.8 Å². The predicted octanol–water partition coefficient (Wildman–Crippen LogP) is 5.57. The van der Waals surface area contributed by atoms with Gasteiger partial charge in [0.2, 0.25) is 0 Å². The van der Waals surface area contributed by atoms with Crippen LogP contribution < -0.4 is 0 Å². The zero-order valence-electron chi connectivity index (χ0n) is 14.3. The minimum atomic E-state index is 0.244. The first-order valence-electron chi connectivity index (χ1n) is 8.75. The summed E-state index contributed by atoms with van der Waals surface area (Å²) in [6, 6.07) is 0. The van der Waals surface area contributed by atoms with E-state index < -0.39 is 0 Å². The molecule has 0 saturated heterocycles. The van der Waals surface area contributed by atoms with E-state index in [4.69, 9.17) is 0 Å². The zero-order valence-corrected chi connectivity index (χ0v) is 14.3. The van der Waals surface area contributed by atoms with Gasteiger partial charge in [-0.15, -0.1) is 0 Å². The van der Waals surface area contributed by atoms with Crippen molar-refractivity contribution in [3.05, 3.63) is 23.8 Å². The third kappa shape index (κ3) is 3.87. The molecule has 0 aromatic rings. The highest BCUT2D eigenvalue weighted by Crippen LogP contribution is 2.45. The summed E-state index contributed by atoms with van der Waals surface area (Å²) in [5.74, 6) is 3.49. The van der Waals surface area contributed by atoms with E-state index in [1.165, 1.54) is 30.4 Å². The molecule has 0 unspecified atom stereocenters. The van der Waals surface area contributed by atoms with Crippen LogP contribution in [-0.2, 0) is 4.79 Å². The Bertz CT molecular complexity index is 431. The molecule has 1 fully saturated rings. The molecule has 0 heterocycles. The highest BCUT2D eigenvalue weighted by atomic mass is 16.1. The van der Waals surface area contributed by atoms with Gasteiger partial charge >= 0.3 is 0 Å². The largest absolute Gasteiger partial charge is 0.299 e. The smallest absolute Gasteiger partial charge is 0.136 e. The molecule has 1 saturated carbocycles. The second-order valence-electron chi connectivity index (χ2n) is 7.71. The Hall–Kier alpha value is -0.850. The van der Waals surface area contributed by atoms with Crippen molar-refractivity contribution in [2.24, 2.45) is 29.6 Å². The Labute approximate surface area is 130 Å². The van der Waals surface area contributed by atoms with Crippen LogP contribution in [-0.4, -0.2) is 5.78 Å². The van der Waals surface area contributed by atoms with Crippen molar-refractivity contribution in [1.82, 2.24) is 0 Å². The van der Waals surface area contributed by atoms with Gasteiger partial charge in [0.1, 0.15) is 5.78 Å².